The van der Waals surface area contributed by atoms with Gasteiger partial charge in [0, 0.05) is 54.5 Å². The molecule has 12 heteroatoms. The number of benzene rings is 1. The monoisotopic (exact) mass is 590 g/mol. The van der Waals surface area contributed by atoms with Crippen LogP contribution in [0.2, 0.25) is 0 Å². The van der Waals surface area contributed by atoms with Crippen LogP contribution in [0.4, 0.5) is 13.2 Å². The summed E-state index contributed by atoms with van der Waals surface area (Å²) >= 11 is 0.841. The Morgan fingerprint density at radius 1 is 1.02 bits per heavy atom. The minimum absolute atomic E-state index is 0.0664. The van der Waals surface area contributed by atoms with Crippen LogP contribution >= 0.6 is 11.3 Å². The molecule has 0 atom stereocenters. The molecule has 1 aromatic carbocycles. The topological polar surface area (TPSA) is 77.3 Å². The van der Waals surface area contributed by atoms with Gasteiger partial charge in [0.05, 0.1) is 11.5 Å². The Morgan fingerprint density at radius 3 is 2.52 bits per heavy atom. The van der Waals surface area contributed by atoms with Gasteiger partial charge < -0.3 is 4.74 Å². The molecule has 6 rings (SSSR count). The first-order valence-corrected chi connectivity index (χ1v) is 15.7. The molecule has 4 aromatic rings. The maximum atomic E-state index is 13.6. The van der Waals surface area contributed by atoms with Crippen molar-refractivity contribution in [2.24, 2.45) is 0 Å². The molecule has 0 spiro atoms. The molecule has 0 radical (unpaired) electrons. The fourth-order valence-corrected chi connectivity index (χ4v) is 8.01. The summed E-state index contributed by atoms with van der Waals surface area (Å²) in [4.78, 5) is 11.0. The van der Waals surface area contributed by atoms with Crippen molar-refractivity contribution >= 4 is 32.4 Å². The average molecular weight is 591 g/mol. The number of pyridine rings is 1. The highest BCUT2D eigenvalue weighted by molar-refractivity contribution is 7.90. The van der Waals surface area contributed by atoms with E-state index in [-0.39, 0.29) is 21.5 Å². The quantitative estimate of drug-likeness (QED) is 0.277. The number of thiazole rings is 1. The highest BCUT2D eigenvalue weighted by atomic mass is 32.2. The van der Waals surface area contributed by atoms with Gasteiger partial charge in [0.25, 0.3) is 10.0 Å². The van der Waals surface area contributed by atoms with Gasteiger partial charge in [0.2, 0.25) is 0 Å². The first kappa shape index (κ1) is 27.4. The third-order valence-corrected chi connectivity index (χ3v) is 10.4. The minimum Gasteiger partial charge on any atom is -0.380 e. The van der Waals surface area contributed by atoms with E-state index < -0.39 is 21.9 Å². The molecule has 3 aromatic heterocycles. The largest absolute Gasteiger partial charge is 0.434 e. The van der Waals surface area contributed by atoms with Gasteiger partial charge in [0.1, 0.15) is 5.01 Å². The van der Waals surface area contributed by atoms with E-state index >= 15 is 0 Å². The van der Waals surface area contributed by atoms with Gasteiger partial charge in [-0.15, -0.1) is 11.3 Å². The zero-order valence-electron chi connectivity index (χ0n) is 21.7. The molecule has 212 valence electrons. The minimum atomic E-state index is -4.59. The lowest BCUT2D eigenvalue weighted by Gasteiger charge is -2.36. The summed E-state index contributed by atoms with van der Waals surface area (Å²) in [6, 6.07) is 10.3. The second-order valence-corrected chi connectivity index (χ2v) is 13.0. The van der Waals surface area contributed by atoms with Crippen LogP contribution in [-0.4, -0.2) is 59.6 Å². The summed E-state index contributed by atoms with van der Waals surface area (Å²) in [5.41, 5.74) is 0.460. The highest BCUT2D eigenvalue weighted by Gasteiger charge is 2.35. The molecule has 2 fully saturated rings. The Hall–Kier alpha value is -2.80. The zero-order chi connectivity index (χ0) is 27.9. The summed E-state index contributed by atoms with van der Waals surface area (Å²) in [6.45, 7) is 3.56. The number of rotatable bonds is 5. The molecule has 40 heavy (non-hydrogen) atoms. The van der Waals surface area contributed by atoms with Crippen molar-refractivity contribution in [3.63, 3.8) is 0 Å². The predicted molar refractivity (Wildman–Crippen MR) is 147 cm³/mol. The Bertz CT molecular complexity index is 1590. The first-order chi connectivity index (χ1) is 19.2. The molecular weight excluding hydrogens is 561 g/mol. The SMILES string of the molecule is O=S(=O)(c1ccccc1)n1cc(-c2nc(C(F)(F)F)cs2)c2cc([C@H]3CC[C@@H](N4CCCOCC4)CC3)cnc21. The van der Waals surface area contributed by atoms with E-state index in [1.54, 1.807) is 24.4 Å². The van der Waals surface area contributed by atoms with Gasteiger partial charge in [-0.1, -0.05) is 18.2 Å². The maximum absolute atomic E-state index is 13.6. The summed E-state index contributed by atoms with van der Waals surface area (Å²) in [7, 11) is -4.04. The number of halogens is 3. The number of hydrogen-bond acceptors (Lipinski definition) is 7. The number of ether oxygens (including phenoxy) is 1. The number of hydrogen-bond donors (Lipinski definition) is 0. The van der Waals surface area contributed by atoms with Gasteiger partial charge in [-0.3, -0.25) is 4.90 Å². The molecule has 1 saturated carbocycles. The summed E-state index contributed by atoms with van der Waals surface area (Å²) < 4.78 is 73.9. The van der Waals surface area contributed by atoms with Crippen LogP contribution in [-0.2, 0) is 20.9 Å². The molecular formula is C28H29F3N4O3S2. The Labute approximate surface area is 234 Å². The lowest BCUT2D eigenvalue weighted by Crippen LogP contribution is -2.39. The van der Waals surface area contributed by atoms with Crippen molar-refractivity contribution in [2.45, 2.75) is 55.1 Å². The van der Waals surface area contributed by atoms with Crippen LogP contribution in [0.1, 0.15) is 49.3 Å². The van der Waals surface area contributed by atoms with Crippen LogP contribution < -0.4 is 0 Å². The highest BCUT2D eigenvalue weighted by Crippen LogP contribution is 2.40. The van der Waals surface area contributed by atoms with Crippen molar-refractivity contribution in [1.82, 2.24) is 18.8 Å². The second kappa shape index (κ2) is 10.9. The van der Waals surface area contributed by atoms with E-state index in [1.807, 2.05) is 6.07 Å². The van der Waals surface area contributed by atoms with Crippen LogP contribution in [0.15, 0.2) is 59.1 Å². The summed E-state index contributed by atoms with van der Waals surface area (Å²) in [5, 5.41) is 1.54. The van der Waals surface area contributed by atoms with E-state index in [2.05, 4.69) is 14.9 Å². The molecule has 0 N–H and O–H groups in total. The van der Waals surface area contributed by atoms with Crippen LogP contribution in [0.25, 0.3) is 21.6 Å². The smallest absolute Gasteiger partial charge is 0.380 e. The third-order valence-electron chi connectivity index (χ3n) is 7.90. The predicted octanol–water partition coefficient (Wildman–Crippen LogP) is 6.16. The van der Waals surface area contributed by atoms with Crippen molar-refractivity contribution in [3.8, 4) is 10.6 Å². The van der Waals surface area contributed by atoms with E-state index in [0.717, 1.165) is 84.7 Å². The van der Waals surface area contributed by atoms with Crippen LogP contribution in [0, 0.1) is 0 Å². The van der Waals surface area contributed by atoms with E-state index in [9.17, 15) is 21.6 Å². The number of aromatic nitrogens is 3. The third kappa shape index (κ3) is 5.29. The van der Waals surface area contributed by atoms with Gasteiger partial charge in [-0.2, -0.15) is 13.2 Å². The van der Waals surface area contributed by atoms with Crippen molar-refractivity contribution in [3.05, 3.63) is 65.4 Å². The van der Waals surface area contributed by atoms with Gasteiger partial charge in [-0.25, -0.2) is 22.4 Å². The molecule has 1 aliphatic heterocycles. The fourth-order valence-electron chi connectivity index (χ4n) is 5.81. The standard InChI is InChI=1S/C28H29F3N4O3S2/c29-28(30,31)25-18-39-27(33-25)24-17-35(40(36,37)22-5-2-1-3-6-22)26-23(24)15-20(16-32-26)19-7-9-21(10-8-19)34-11-4-13-38-14-12-34/h1-3,5-6,15-19,21H,4,7-14H2/t19-,21+. The molecule has 0 bridgehead atoms. The maximum Gasteiger partial charge on any atom is 0.434 e. The average Bonchev–Trinajstić information content (AvgIpc) is 3.51. The molecule has 0 amide bonds. The summed E-state index contributed by atoms with van der Waals surface area (Å²) in [6.07, 6.45) is 3.52. The molecule has 7 nitrogen and oxygen atoms in total. The first-order valence-electron chi connectivity index (χ1n) is 13.4. The molecule has 4 heterocycles. The molecule has 0 unspecified atom stereocenters. The van der Waals surface area contributed by atoms with Crippen molar-refractivity contribution in [1.29, 1.82) is 0 Å². The lowest BCUT2D eigenvalue weighted by molar-refractivity contribution is -0.140. The molecule has 1 aliphatic carbocycles. The summed E-state index contributed by atoms with van der Waals surface area (Å²) in [5.74, 6) is 0.236. The number of nitrogens with zero attached hydrogens (tertiary/aromatic N) is 4. The second-order valence-electron chi connectivity index (χ2n) is 10.3. The van der Waals surface area contributed by atoms with Crippen molar-refractivity contribution in [2.75, 3.05) is 26.3 Å². The van der Waals surface area contributed by atoms with E-state index in [1.165, 1.54) is 18.3 Å². The van der Waals surface area contributed by atoms with Gasteiger partial charge in [0.15, 0.2) is 11.3 Å². The van der Waals surface area contributed by atoms with E-state index in [4.69, 9.17) is 4.74 Å². The zero-order valence-corrected chi connectivity index (χ0v) is 23.3. The fraction of sp³-hybridized carbons (Fsp3) is 0.429. The Kier molecular flexibility index (Phi) is 7.45. The van der Waals surface area contributed by atoms with Crippen LogP contribution in [0.5, 0.6) is 0 Å². The lowest BCUT2D eigenvalue weighted by atomic mass is 9.81. The molecule has 2 aliphatic rings. The molecule has 1 saturated heterocycles. The Morgan fingerprint density at radius 2 is 1.80 bits per heavy atom. The van der Waals surface area contributed by atoms with Crippen molar-refractivity contribution < 1.29 is 26.3 Å². The van der Waals surface area contributed by atoms with E-state index in [0.29, 0.717) is 17.0 Å². The Balaban J connectivity index is 1.37. The van der Waals surface area contributed by atoms with Crippen LogP contribution in [0.3, 0.4) is 0 Å². The number of fused-ring (bicyclic) bond motifs is 1. The normalized spacial score (nSPS) is 21.5. The number of alkyl halides is 3. The van der Waals surface area contributed by atoms with Gasteiger partial charge in [-0.05, 0) is 61.8 Å². The van der Waals surface area contributed by atoms with Gasteiger partial charge >= 0.3 is 6.18 Å².